The third-order valence-corrected chi connectivity index (χ3v) is 3.24. The summed E-state index contributed by atoms with van der Waals surface area (Å²) in [5, 5.41) is 2.83. The van der Waals surface area contributed by atoms with Gasteiger partial charge in [0.05, 0.1) is 13.2 Å². The molecule has 2 aromatic rings. The molecule has 0 fully saturated rings. The second-order valence-electron chi connectivity index (χ2n) is 5.09. The summed E-state index contributed by atoms with van der Waals surface area (Å²) in [6.45, 7) is 6.59. The number of amides is 1. The molecule has 2 rings (SSSR count). The molecule has 0 radical (unpaired) electrons. The second kappa shape index (κ2) is 8.82. The lowest BCUT2D eigenvalue weighted by Crippen LogP contribution is -2.30. The van der Waals surface area contributed by atoms with E-state index in [1.807, 2.05) is 44.2 Å². The van der Waals surface area contributed by atoms with Gasteiger partial charge in [-0.15, -0.1) is 0 Å². The van der Waals surface area contributed by atoms with E-state index in [2.05, 4.69) is 5.32 Å². The van der Waals surface area contributed by atoms with Gasteiger partial charge in [-0.25, -0.2) is 0 Å². The van der Waals surface area contributed by atoms with Gasteiger partial charge in [0, 0.05) is 11.8 Å². The van der Waals surface area contributed by atoms with Gasteiger partial charge < -0.3 is 19.5 Å². The molecule has 24 heavy (non-hydrogen) atoms. The molecule has 0 heterocycles. The van der Waals surface area contributed by atoms with Crippen LogP contribution in [-0.2, 0) is 4.79 Å². The van der Waals surface area contributed by atoms with Crippen LogP contribution in [0.2, 0.25) is 0 Å². The minimum absolute atomic E-state index is 0.231. The van der Waals surface area contributed by atoms with E-state index in [0.29, 0.717) is 36.1 Å². The fourth-order valence-electron chi connectivity index (χ4n) is 2.13. The van der Waals surface area contributed by atoms with Gasteiger partial charge in [0.15, 0.2) is 17.6 Å². The number of benzene rings is 2. The summed E-state index contributed by atoms with van der Waals surface area (Å²) in [6.07, 6.45) is -0.616. The molecule has 128 valence electrons. The number of hydrogen-bond donors (Lipinski definition) is 1. The van der Waals surface area contributed by atoms with Crippen molar-refractivity contribution >= 4 is 11.6 Å². The maximum absolute atomic E-state index is 12.3. The molecule has 0 saturated heterocycles. The fourth-order valence-corrected chi connectivity index (χ4v) is 2.13. The molecule has 2 aromatic carbocycles. The van der Waals surface area contributed by atoms with Crippen molar-refractivity contribution in [1.29, 1.82) is 0 Å². The molecule has 5 nitrogen and oxygen atoms in total. The number of ether oxygens (including phenoxy) is 3. The summed E-state index contributed by atoms with van der Waals surface area (Å²) in [5.41, 5.74) is 0.635. The van der Waals surface area contributed by atoms with Crippen molar-refractivity contribution in [3.63, 3.8) is 0 Å². The monoisotopic (exact) mass is 329 g/mol. The summed E-state index contributed by atoms with van der Waals surface area (Å²) >= 11 is 0. The highest BCUT2D eigenvalue weighted by molar-refractivity contribution is 5.94. The molecule has 0 saturated carbocycles. The van der Waals surface area contributed by atoms with Gasteiger partial charge in [0.25, 0.3) is 5.91 Å². The molecule has 0 aliphatic rings. The van der Waals surface area contributed by atoms with Gasteiger partial charge in [-0.2, -0.15) is 0 Å². The Labute approximate surface area is 142 Å². The van der Waals surface area contributed by atoms with E-state index >= 15 is 0 Å². The first kappa shape index (κ1) is 17.7. The van der Waals surface area contributed by atoms with Gasteiger partial charge in [-0.05, 0) is 45.0 Å². The van der Waals surface area contributed by atoms with Crippen LogP contribution < -0.4 is 19.5 Å². The third kappa shape index (κ3) is 4.91. The molecule has 5 heteroatoms. The largest absolute Gasteiger partial charge is 0.490 e. The highest BCUT2D eigenvalue weighted by atomic mass is 16.5. The van der Waals surface area contributed by atoms with E-state index in [4.69, 9.17) is 14.2 Å². The van der Waals surface area contributed by atoms with Crippen LogP contribution in [0.1, 0.15) is 20.8 Å². The molecule has 0 aromatic heterocycles. The molecular weight excluding hydrogens is 306 g/mol. The zero-order valence-electron chi connectivity index (χ0n) is 14.2. The van der Waals surface area contributed by atoms with E-state index in [-0.39, 0.29) is 5.91 Å². The lowest BCUT2D eigenvalue weighted by molar-refractivity contribution is -0.122. The minimum atomic E-state index is -0.616. The van der Waals surface area contributed by atoms with Crippen molar-refractivity contribution in [3.8, 4) is 17.2 Å². The van der Waals surface area contributed by atoms with Gasteiger partial charge >= 0.3 is 0 Å². The summed E-state index contributed by atoms with van der Waals surface area (Å²) in [5.74, 6) is 1.69. The smallest absolute Gasteiger partial charge is 0.265 e. The molecule has 0 aliphatic carbocycles. The Hall–Kier alpha value is -2.69. The number of nitrogens with one attached hydrogen (secondary N) is 1. The van der Waals surface area contributed by atoms with E-state index in [9.17, 15) is 4.79 Å². The Kier molecular flexibility index (Phi) is 6.49. The number of rotatable bonds is 8. The van der Waals surface area contributed by atoms with Crippen molar-refractivity contribution in [2.75, 3.05) is 18.5 Å². The number of hydrogen-bond acceptors (Lipinski definition) is 4. The molecule has 1 amide bonds. The standard InChI is InChI=1S/C19H23NO4/c1-4-22-17-12-11-15(13-18(17)23-5-2)20-19(21)14(3)24-16-9-7-6-8-10-16/h6-14H,4-5H2,1-3H3,(H,20,21). The number of para-hydroxylation sites is 1. The van der Waals surface area contributed by atoms with E-state index in [1.54, 1.807) is 25.1 Å². The first-order valence-electron chi connectivity index (χ1n) is 8.06. The van der Waals surface area contributed by atoms with Crippen LogP contribution in [0.15, 0.2) is 48.5 Å². The Morgan fingerprint density at radius 3 is 2.33 bits per heavy atom. The average Bonchev–Trinajstić information content (AvgIpc) is 2.58. The van der Waals surface area contributed by atoms with Gasteiger partial charge in [0.1, 0.15) is 5.75 Å². The second-order valence-corrected chi connectivity index (χ2v) is 5.09. The van der Waals surface area contributed by atoms with Gasteiger partial charge in [0.2, 0.25) is 0 Å². The van der Waals surface area contributed by atoms with Crippen LogP contribution in [0.3, 0.4) is 0 Å². The average molecular weight is 329 g/mol. The van der Waals surface area contributed by atoms with Crippen LogP contribution in [0, 0.1) is 0 Å². The van der Waals surface area contributed by atoms with E-state index in [0.717, 1.165) is 0 Å². The quantitative estimate of drug-likeness (QED) is 0.798. The van der Waals surface area contributed by atoms with Crippen molar-refractivity contribution < 1.29 is 19.0 Å². The Morgan fingerprint density at radius 2 is 1.67 bits per heavy atom. The van der Waals surface area contributed by atoms with Crippen LogP contribution in [0.5, 0.6) is 17.2 Å². The SMILES string of the molecule is CCOc1ccc(NC(=O)C(C)Oc2ccccc2)cc1OCC. The topological polar surface area (TPSA) is 56.8 Å². The maximum Gasteiger partial charge on any atom is 0.265 e. The van der Waals surface area contributed by atoms with Crippen molar-refractivity contribution in [2.24, 2.45) is 0 Å². The zero-order chi connectivity index (χ0) is 17.4. The maximum atomic E-state index is 12.3. The predicted molar refractivity (Wildman–Crippen MR) is 93.9 cm³/mol. The van der Waals surface area contributed by atoms with Crippen LogP contribution >= 0.6 is 0 Å². The van der Waals surface area contributed by atoms with Gasteiger partial charge in [-0.1, -0.05) is 18.2 Å². The van der Waals surface area contributed by atoms with Crippen molar-refractivity contribution in [3.05, 3.63) is 48.5 Å². The highest BCUT2D eigenvalue weighted by Crippen LogP contribution is 2.30. The summed E-state index contributed by atoms with van der Waals surface area (Å²) in [4.78, 5) is 12.3. The molecule has 1 atom stereocenters. The molecule has 1 unspecified atom stereocenters. The number of carbonyl (C=O) groups is 1. The van der Waals surface area contributed by atoms with Crippen LogP contribution in [0.25, 0.3) is 0 Å². The molecule has 0 bridgehead atoms. The van der Waals surface area contributed by atoms with Gasteiger partial charge in [-0.3, -0.25) is 4.79 Å². The number of anilines is 1. The Morgan fingerprint density at radius 1 is 1.00 bits per heavy atom. The van der Waals surface area contributed by atoms with Crippen LogP contribution in [-0.4, -0.2) is 25.2 Å². The molecular formula is C19H23NO4. The lowest BCUT2D eigenvalue weighted by Gasteiger charge is -2.16. The van der Waals surface area contributed by atoms with Crippen molar-refractivity contribution in [2.45, 2.75) is 26.9 Å². The lowest BCUT2D eigenvalue weighted by atomic mass is 10.2. The third-order valence-electron chi connectivity index (χ3n) is 3.24. The number of carbonyl (C=O) groups excluding carboxylic acids is 1. The Balaban J connectivity index is 2.03. The highest BCUT2D eigenvalue weighted by Gasteiger charge is 2.16. The summed E-state index contributed by atoms with van der Waals surface area (Å²) < 4.78 is 16.7. The predicted octanol–water partition coefficient (Wildman–Crippen LogP) is 3.89. The summed E-state index contributed by atoms with van der Waals surface area (Å²) in [7, 11) is 0. The normalized spacial score (nSPS) is 11.5. The van der Waals surface area contributed by atoms with E-state index < -0.39 is 6.10 Å². The first-order valence-corrected chi connectivity index (χ1v) is 8.06. The molecule has 0 aliphatic heterocycles. The van der Waals surface area contributed by atoms with Crippen LogP contribution in [0.4, 0.5) is 5.69 Å². The first-order chi connectivity index (χ1) is 11.6. The molecule has 1 N–H and O–H groups in total. The van der Waals surface area contributed by atoms with E-state index in [1.165, 1.54) is 0 Å². The fraction of sp³-hybridized carbons (Fsp3) is 0.316. The molecule has 0 spiro atoms. The summed E-state index contributed by atoms with van der Waals surface area (Å²) in [6, 6.07) is 14.6. The zero-order valence-corrected chi connectivity index (χ0v) is 14.2. The Bertz CT molecular complexity index is 658. The minimum Gasteiger partial charge on any atom is -0.490 e. The van der Waals surface area contributed by atoms with Crippen molar-refractivity contribution in [1.82, 2.24) is 0 Å².